The zero-order valence-corrected chi connectivity index (χ0v) is 14.8. The molecule has 1 aromatic carbocycles. The van der Waals surface area contributed by atoms with E-state index in [-0.39, 0.29) is 5.91 Å². The van der Waals surface area contributed by atoms with Gasteiger partial charge in [-0.3, -0.25) is 4.79 Å². The summed E-state index contributed by atoms with van der Waals surface area (Å²) in [7, 11) is 1.67. The van der Waals surface area contributed by atoms with Gasteiger partial charge >= 0.3 is 0 Å². The van der Waals surface area contributed by atoms with Gasteiger partial charge in [-0.05, 0) is 56.4 Å². The second-order valence-corrected chi connectivity index (χ2v) is 6.50. The monoisotopic (exact) mass is 319 g/mol. The van der Waals surface area contributed by atoms with Gasteiger partial charge in [-0.25, -0.2) is 0 Å². The van der Waals surface area contributed by atoms with Crippen molar-refractivity contribution < 1.29 is 14.3 Å². The summed E-state index contributed by atoms with van der Waals surface area (Å²) >= 11 is 0. The Morgan fingerprint density at radius 1 is 1.17 bits per heavy atom. The number of aryl methyl sites for hydroxylation is 2. The average molecular weight is 319 g/mol. The van der Waals surface area contributed by atoms with Gasteiger partial charge in [0.05, 0.1) is 7.11 Å². The van der Waals surface area contributed by atoms with Gasteiger partial charge in [0.25, 0.3) is 5.91 Å². The molecule has 1 aromatic rings. The maximum atomic E-state index is 12.9. The van der Waals surface area contributed by atoms with Crippen molar-refractivity contribution in [3.8, 4) is 5.75 Å². The van der Waals surface area contributed by atoms with E-state index in [1.165, 1.54) is 6.42 Å². The lowest BCUT2D eigenvalue weighted by Gasteiger charge is -2.35. The lowest BCUT2D eigenvalue weighted by atomic mass is 9.83. The van der Waals surface area contributed by atoms with Crippen LogP contribution in [0.3, 0.4) is 0 Å². The summed E-state index contributed by atoms with van der Waals surface area (Å²) in [6.07, 6.45) is 5.84. The highest BCUT2D eigenvalue weighted by atomic mass is 16.5. The molecule has 1 N–H and O–H groups in total. The zero-order chi connectivity index (χ0) is 16.9. The largest absolute Gasteiger partial charge is 0.496 e. The van der Waals surface area contributed by atoms with Crippen LogP contribution in [0, 0.1) is 13.8 Å². The predicted molar refractivity (Wildman–Crippen MR) is 93.2 cm³/mol. The molecule has 0 aromatic heterocycles. The van der Waals surface area contributed by atoms with Crippen LogP contribution in [-0.4, -0.2) is 25.2 Å². The molecule has 1 aliphatic carbocycles. The fraction of sp³-hybridized carbons (Fsp3) is 0.632. The molecule has 4 nitrogen and oxygen atoms in total. The van der Waals surface area contributed by atoms with Crippen LogP contribution in [-0.2, 0) is 9.53 Å². The van der Waals surface area contributed by atoms with Crippen molar-refractivity contribution in [1.29, 1.82) is 0 Å². The van der Waals surface area contributed by atoms with E-state index in [0.717, 1.165) is 54.7 Å². The van der Waals surface area contributed by atoms with E-state index < -0.39 is 5.60 Å². The van der Waals surface area contributed by atoms with Crippen LogP contribution in [0.1, 0.15) is 56.6 Å². The summed E-state index contributed by atoms with van der Waals surface area (Å²) in [4.78, 5) is 12.9. The van der Waals surface area contributed by atoms with Crippen LogP contribution in [0.15, 0.2) is 12.1 Å². The Hall–Kier alpha value is -1.55. The molecular formula is C19H29NO3. The zero-order valence-electron chi connectivity index (χ0n) is 14.8. The first-order valence-corrected chi connectivity index (χ1v) is 8.63. The Morgan fingerprint density at radius 2 is 1.78 bits per heavy atom. The van der Waals surface area contributed by atoms with Gasteiger partial charge in [0.1, 0.15) is 11.4 Å². The van der Waals surface area contributed by atoms with Crippen molar-refractivity contribution in [1.82, 2.24) is 0 Å². The number of benzene rings is 1. The van der Waals surface area contributed by atoms with Gasteiger partial charge in [0, 0.05) is 12.3 Å². The third-order valence-corrected chi connectivity index (χ3v) is 4.58. The Bertz CT molecular complexity index is 525. The van der Waals surface area contributed by atoms with E-state index in [4.69, 9.17) is 9.47 Å². The molecule has 0 heterocycles. The van der Waals surface area contributed by atoms with Crippen molar-refractivity contribution in [2.75, 3.05) is 19.0 Å². The molecule has 0 bridgehead atoms. The summed E-state index contributed by atoms with van der Waals surface area (Å²) in [5, 5.41) is 3.07. The number of nitrogens with one attached hydrogen (secondary N) is 1. The normalized spacial score (nSPS) is 16.9. The van der Waals surface area contributed by atoms with Gasteiger partial charge in [-0.2, -0.15) is 0 Å². The first-order chi connectivity index (χ1) is 11.0. The second kappa shape index (κ2) is 7.82. The van der Waals surface area contributed by atoms with Crippen molar-refractivity contribution in [3.05, 3.63) is 23.3 Å². The maximum absolute atomic E-state index is 12.9. The summed E-state index contributed by atoms with van der Waals surface area (Å²) in [6.45, 7) is 6.69. The van der Waals surface area contributed by atoms with Crippen molar-refractivity contribution in [2.45, 2.75) is 64.9 Å². The molecule has 128 valence electrons. The Balaban J connectivity index is 2.18. The molecule has 0 radical (unpaired) electrons. The minimum Gasteiger partial charge on any atom is -0.496 e. The number of rotatable bonds is 6. The Kier molecular flexibility index (Phi) is 6.05. The first-order valence-electron chi connectivity index (χ1n) is 8.63. The first kappa shape index (κ1) is 17.8. The molecular weight excluding hydrogens is 290 g/mol. The standard InChI is InChI=1S/C19H29NO3/c1-5-11-23-19(9-7-6-8-10-19)18(21)20-16-12-14(2)17(22-4)15(3)13-16/h12-13H,5-11H2,1-4H3,(H,20,21). The molecule has 0 aliphatic heterocycles. The minimum absolute atomic E-state index is 0.00498. The van der Waals surface area contributed by atoms with Gasteiger partial charge in [0.15, 0.2) is 0 Å². The van der Waals surface area contributed by atoms with E-state index in [2.05, 4.69) is 12.2 Å². The number of amides is 1. The van der Waals surface area contributed by atoms with E-state index >= 15 is 0 Å². The maximum Gasteiger partial charge on any atom is 0.256 e. The average Bonchev–Trinajstić information content (AvgIpc) is 2.53. The fourth-order valence-electron chi connectivity index (χ4n) is 3.45. The van der Waals surface area contributed by atoms with Crippen molar-refractivity contribution in [2.24, 2.45) is 0 Å². The lowest BCUT2D eigenvalue weighted by molar-refractivity contribution is -0.146. The number of ether oxygens (including phenoxy) is 2. The highest BCUT2D eigenvalue weighted by molar-refractivity contribution is 5.97. The smallest absolute Gasteiger partial charge is 0.256 e. The third-order valence-electron chi connectivity index (χ3n) is 4.58. The van der Waals surface area contributed by atoms with Gasteiger partial charge in [-0.15, -0.1) is 0 Å². The second-order valence-electron chi connectivity index (χ2n) is 6.50. The molecule has 0 atom stereocenters. The number of hydrogen-bond acceptors (Lipinski definition) is 3. The van der Waals surface area contributed by atoms with E-state index in [1.54, 1.807) is 7.11 Å². The molecule has 23 heavy (non-hydrogen) atoms. The SMILES string of the molecule is CCCOC1(C(=O)Nc2cc(C)c(OC)c(C)c2)CCCCC1. The molecule has 4 heteroatoms. The van der Waals surface area contributed by atoms with Gasteiger partial charge < -0.3 is 14.8 Å². The number of hydrogen-bond donors (Lipinski definition) is 1. The summed E-state index contributed by atoms with van der Waals surface area (Å²) in [6, 6.07) is 3.92. The van der Waals surface area contributed by atoms with Crippen LogP contribution in [0.25, 0.3) is 0 Å². The molecule has 0 unspecified atom stereocenters. The van der Waals surface area contributed by atoms with E-state index in [1.807, 2.05) is 26.0 Å². The molecule has 1 fully saturated rings. The Labute approximate surface area is 139 Å². The number of carbonyl (C=O) groups is 1. The summed E-state index contributed by atoms with van der Waals surface area (Å²) in [5.74, 6) is 0.868. The number of carbonyl (C=O) groups excluding carboxylic acids is 1. The summed E-state index contributed by atoms with van der Waals surface area (Å²) < 4.78 is 11.4. The number of methoxy groups -OCH3 is 1. The van der Waals surface area contributed by atoms with Crippen LogP contribution < -0.4 is 10.1 Å². The van der Waals surface area contributed by atoms with Crippen molar-refractivity contribution in [3.63, 3.8) is 0 Å². The lowest BCUT2D eigenvalue weighted by Crippen LogP contribution is -2.47. The molecule has 0 spiro atoms. The topological polar surface area (TPSA) is 47.6 Å². The predicted octanol–water partition coefficient (Wildman–Crippen LogP) is 4.38. The van der Waals surface area contributed by atoms with Crippen LogP contribution in [0.5, 0.6) is 5.75 Å². The van der Waals surface area contributed by atoms with E-state index in [9.17, 15) is 4.79 Å². The van der Waals surface area contributed by atoms with Crippen LogP contribution in [0.4, 0.5) is 5.69 Å². The molecule has 1 saturated carbocycles. The molecule has 0 saturated heterocycles. The quantitative estimate of drug-likeness (QED) is 0.846. The summed E-state index contributed by atoms with van der Waals surface area (Å²) in [5.41, 5.74) is 2.21. The van der Waals surface area contributed by atoms with Gasteiger partial charge in [-0.1, -0.05) is 26.2 Å². The van der Waals surface area contributed by atoms with E-state index in [0.29, 0.717) is 6.61 Å². The molecule has 1 amide bonds. The highest BCUT2D eigenvalue weighted by Gasteiger charge is 2.40. The Morgan fingerprint density at radius 3 is 2.30 bits per heavy atom. The third kappa shape index (κ3) is 4.05. The molecule has 1 aliphatic rings. The minimum atomic E-state index is -0.657. The van der Waals surface area contributed by atoms with Crippen molar-refractivity contribution >= 4 is 11.6 Å². The van der Waals surface area contributed by atoms with Crippen LogP contribution >= 0.6 is 0 Å². The fourth-order valence-corrected chi connectivity index (χ4v) is 3.45. The number of anilines is 1. The van der Waals surface area contributed by atoms with Crippen LogP contribution in [0.2, 0.25) is 0 Å². The highest BCUT2D eigenvalue weighted by Crippen LogP contribution is 2.34. The van der Waals surface area contributed by atoms with Gasteiger partial charge in [0.2, 0.25) is 0 Å². The molecule has 2 rings (SSSR count).